The fraction of sp³-hybridized carbons (Fsp3) is 0.312. The molecule has 1 aliphatic rings. The Kier molecular flexibility index (Phi) is 4.21. The normalized spacial score (nSPS) is 16.1. The minimum absolute atomic E-state index is 0.106. The van der Waals surface area contributed by atoms with Crippen molar-refractivity contribution in [1.82, 2.24) is 19.4 Å². The highest BCUT2D eigenvalue weighted by Crippen LogP contribution is 2.27. The van der Waals surface area contributed by atoms with Crippen LogP contribution in [0.4, 0.5) is 5.95 Å². The molecule has 0 spiro atoms. The summed E-state index contributed by atoms with van der Waals surface area (Å²) in [7, 11) is -3.71. The predicted octanol–water partition coefficient (Wildman–Crippen LogP) is 1.54. The molecule has 0 bridgehead atoms. The van der Waals surface area contributed by atoms with Crippen LogP contribution in [-0.4, -0.2) is 54.0 Å². The van der Waals surface area contributed by atoms with Crippen molar-refractivity contribution in [3.8, 4) is 11.5 Å². The Balaban J connectivity index is 1.49. The molecule has 4 rings (SSSR count). The molecule has 0 amide bonds. The van der Waals surface area contributed by atoms with Crippen LogP contribution in [0.3, 0.4) is 0 Å². The molecule has 9 nitrogen and oxygen atoms in total. The highest BCUT2D eigenvalue weighted by atomic mass is 32.2. The summed E-state index contributed by atoms with van der Waals surface area (Å²) in [5, 5.41) is 3.67. The van der Waals surface area contributed by atoms with Gasteiger partial charge in [-0.2, -0.15) is 4.31 Å². The van der Waals surface area contributed by atoms with E-state index in [1.54, 1.807) is 37.5 Å². The van der Waals surface area contributed by atoms with Crippen molar-refractivity contribution in [2.75, 3.05) is 31.1 Å². The molecule has 0 atom stereocenters. The van der Waals surface area contributed by atoms with E-state index in [2.05, 4.69) is 15.1 Å². The molecule has 136 valence electrons. The standard InChI is InChI=1S/C16H17N5O4S/c1-12-11-14(25-19-12)13-3-4-15(24-13)26(22,23)21-9-7-20(8-10-21)16-17-5-2-6-18-16/h2-6,11H,7-10H2,1H3. The van der Waals surface area contributed by atoms with E-state index >= 15 is 0 Å². The zero-order valence-corrected chi connectivity index (χ0v) is 14.9. The molecule has 0 radical (unpaired) electrons. The van der Waals surface area contributed by atoms with Crippen molar-refractivity contribution < 1.29 is 17.4 Å². The lowest BCUT2D eigenvalue weighted by molar-refractivity contribution is 0.357. The molecule has 26 heavy (non-hydrogen) atoms. The average Bonchev–Trinajstić information content (AvgIpc) is 3.32. The Morgan fingerprint density at radius 1 is 1.04 bits per heavy atom. The first-order chi connectivity index (χ1) is 12.5. The van der Waals surface area contributed by atoms with Crippen LogP contribution in [0, 0.1) is 6.92 Å². The molecule has 0 saturated carbocycles. The van der Waals surface area contributed by atoms with E-state index in [0.717, 1.165) is 0 Å². The van der Waals surface area contributed by atoms with Crippen LogP contribution < -0.4 is 4.90 Å². The topological polar surface area (TPSA) is 106 Å². The lowest BCUT2D eigenvalue weighted by Gasteiger charge is -2.33. The van der Waals surface area contributed by atoms with Crippen molar-refractivity contribution in [1.29, 1.82) is 0 Å². The maximum Gasteiger partial charge on any atom is 0.276 e. The van der Waals surface area contributed by atoms with Gasteiger partial charge in [-0.25, -0.2) is 18.4 Å². The van der Waals surface area contributed by atoms with Crippen LogP contribution >= 0.6 is 0 Å². The number of nitrogens with zero attached hydrogens (tertiary/aromatic N) is 5. The lowest BCUT2D eigenvalue weighted by Crippen LogP contribution is -2.49. The van der Waals surface area contributed by atoms with E-state index in [4.69, 9.17) is 8.94 Å². The van der Waals surface area contributed by atoms with Gasteiger partial charge in [0.15, 0.2) is 5.76 Å². The third kappa shape index (κ3) is 3.08. The maximum absolute atomic E-state index is 12.8. The first-order valence-corrected chi connectivity index (χ1v) is 9.54. The summed E-state index contributed by atoms with van der Waals surface area (Å²) in [4.78, 5) is 10.4. The van der Waals surface area contributed by atoms with Gasteiger partial charge in [-0.3, -0.25) is 0 Å². The molecule has 1 saturated heterocycles. The molecule has 3 aromatic rings. The number of anilines is 1. The van der Waals surface area contributed by atoms with Crippen LogP contribution in [0.15, 0.2) is 50.7 Å². The second-order valence-corrected chi connectivity index (χ2v) is 7.76. The molecule has 0 aromatic carbocycles. The molecule has 1 aliphatic heterocycles. The number of piperazine rings is 1. The summed E-state index contributed by atoms with van der Waals surface area (Å²) < 4.78 is 37.7. The summed E-state index contributed by atoms with van der Waals surface area (Å²) in [5.41, 5.74) is 0.694. The number of aryl methyl sites for hydroxylation is 1. The second kappa shape index (κ2) is 6.54. The van der Waals surface area contributed by atoms with Gasteiger partial charge in [0, 0.05) is 44.6 Å². The fourth-order valence-electron chi connectivity index (χ4n) is 2.78. The van der Waals surface area contributed by atoms with E-state index in [1.807, 2.05) is 4.90 Å². The van der Waals surface area contributed by atoms with Crippen molar-refractivity contribution in [3.05, 3.63) is 42.4 Å². The zero-order chi connectivity index (χ0) is 18.1. The quantitative estimate of drug-likeness (QED) is 0.676. The van der Waals surface area contributed by atoms with E-state index in [-0.39, 0.29) is 5.09 Å². The summed E-state index contributed by atoms with van der Waals surface area (Å²) in [5.74, 6) is 1.33. The number of hydrogen-bond donors (Lipinski definition) is 0. The first kappa shape index (κ1) is 16.7. The molecule has 4 heterocycles. The third-order valence-corrected chi connectivity index (χ3v) is 5.89. The van der Waals surface area contributed by atoms with Crippen molar-refractivity contribution in [3.63, 3.8) is 0 Å². The Bertz CT molecular complexity index is 991. The second-order valence-electron chi connectivity index (χ2n) is 5.89. The van der Waals surface area contributed by atoms with Crippen LogP contribution in [-0.2, 0) is 10.0 Å². The Labute approximate surface area is 150 Å². The largest absolute Gasteiger partial charge is 0.440 e. The Morgan fingerprint density at radius 2 is 1.77 bits per heavy atom. The third-order valence-electron chi connectivity index (χ3n) is 4.12. The molecule has 0 aliphatic carbocycles. The SMILES string of the molecule is Cc1cc(-c2ccc(S(=O)(=O)N3CCN(c4ncccn4)CC3)o2)on1. The first-order valence-electron chi connectivity index (χ1n) is 8.10. The molecular formula is C16H17N5O4S. The number of furan rings is 1. The zero-order valence-electron chi connectivity index (χ0n) is 14.1. The fourth-order valence-corrected chi connectivity index (χ4v) is 4.11. The maximum atomic E-state index is 12.8. The van der Waals surface area contributed by atoms with Gasteiger partial charge in [-0.05, 0) is 25.1 Å². The minimum Gasteiger partial charge on any atom is -0.440 e. The van der Waals surface area contributed by atoms with Crippen LogP contribution in [0.2, 0.25) is 0 Å². The summed E-state index contributed by atoms with van der Waals surface area (Å²) in [6.07, 6.45) is 3.34. The molecule has 1 fully saturated rings. The molecule has 10 heteroatoms. The van der Waals surface area contributed by atoms with Gasteiger partial charge >= 0.3 is 0 Å². The monoisotopic (exact) mass is 375 g/mol. The van der Waals surface area contributed by atoms with Gasteiger partial charge in [-0.15, -0.1) is 0 Å². The van der Waals surface area contributed by atoms with Crippen molar-refractivity contribution >= 4 is 16.0 Å². The van der Waals surface area contributed by atoms with Crippen LogP contribution in [0.5, 0.6) is 0 Å². The molecule has 0 N–H and O–H groups in total. The average molecular weight is 375 g/mol. The Hall–Kier alpha value is -2.72. The number of rotatable bonds is 4. The minimum atomic E-state index is -3.71. The summed E-state index contributed by atoms with van der Waals surface area (Å²) in [6.45, 7) is 3.47. The highest BCUT2D eigenvalue weighted by molar-refractivity contribution is 7.89. The van der Waals surface area contributed by atoms with E-state index in [1.165, 1.54) is 10.4 Å². The Morgan fingerprint density at radius 3 is 2.42 bits per heavy atom. The van der Waals surface area contributed by atoms with Gasteiger partial charge < -0.3 is 13.8 Å². The van der Waals surface area contributed by atoms with Gasteiger partial charge in [0.2, 0.25) is 16.8 Å². The number of sulfonamides is 1. The van der Waals surface area contributed by atoms with Crippen molar-refractivity contribution in [2.45, 2.75) is 12.0 Å². The lowest BCUT2D eigenvalue weighted by atomic mass is 10.3. The number of hydrogen-bond acceptors (Lipinski definition) is 8. The smallest absolute Gasteiger partial charge is 0.276 e. The van der Waals surface area contributed by atoms with Gasteiger partial charge in [0.25, 0.3) is 10.0 Å². The molecular weight excluding hydrogens is 358 g/mol. The highest BCUT2D eigenvalue weighted by Gasteiger charge is 2.32. The molecule has 3 aromatic heterocycles. The number of aromatic nitrogens is 3. The summed E-state index contributed by atoms with van der Waals surface area (Å²) >= 11 is 0. The van der Waals surface area contributed by atoms with Gasteiger partial charge in [-0.1, -0.05) is 5.16 Å². The van der Waals surface area contributed by atoms with Crippen LogP contribution in [0.1, 0.15) is 5.69 Å². The van der Waals surface area contributed by atoms with Crippen LogP contribution in [0.25, 0.3) is 11.5 Å². The van der Waals surface area contributed by atoms with Gasteiger partial charge in [0.1, 0.15) is 0 Å². The van der Waals surface area contributed by atoms with E-state index in [0.29, 0.717) is 49.3 Å². The van der Waals surface area contributed by atoms with Gasteiger partial charge in [0.05, 0.1) is 5.69 Å². The molecule has 0 unspecified atom stereocenters. The van der Waals surface area contributed by atoms with E-state index < -0.39 is 10.0 Å². The predicted molar refractivity (Wildman–Crippen MR) is 91.9 cm³/mol. The summed E-state index contributed by atoms with van der Waals surface area (Å²) in [6, 6.07) is 6.44. The van der Waals surface area contributed by atoms with E-state index in [9.17, 15) is 8.42 Å². The van der Waals surface area contributed by atoms with Crippen molar-refractivity contribution in [2.24, 2.45) is 0 Å².